The van der Waals surface area contributed by atoms with Gasteiger partial charge in [-0.1, -0.05) is 39.0 Å². The number of pyridine rings is 1. The molecule has 0 aliphatic carbocycles. The molecule has 7 nitrogen and oxygen atoms in total. The SMILES string of the molecule is CC[Si](CC)(CC)O[C@@H](CN(C(=O)O)[C@H](C)Cc1c[nH]c2c(O)cccc12)c1cccnc1. The van der Waals surface area contributed by atoms with Crippen molar-refractivity contribution in [3.05, 3.63) is 60.0 Å². The van der Waals surface area contributed by atoms with E-state index in [9.17, 15) is 15.0 Å². The number of fused-ring (bicyclic) bond motifs is 1. The van der Waals surface area contributed by atoms with Crippen LogP contribution in [0.2, 0.25) is 18.1 Å². The van der Waals surface area contributed by atoms with Gasteiger partial charge in [0.2, 0.25) is 0 Å². The fourth-order valence-corrected chi connectivity index (χ4v) is 7.31. The highest BCUT2D eigenvalue weighted by atomic mass is 28.4. The molecule has 3 aromatic rings. The summed E-state index contributed by atoms with van der Waals surface area (Å²) in [7, 11) is -1.99. The number of phenolic OH excluding ortho intramolecular Hbond substituents is 1. The average molecular weight is 470 g/mol. The lowest BCUT2D eigenvalue weighted by Gasteiger charge is -2.37. The van der Waals surface area contributed by atoms with Gasteiger partial charge >= 0.3 is 6.09 Å². The van der Waals surface area contributed by atoms with Crippen LogP contribution in [0.25, 0.3) is 10.9 Å². The maximum Gasteiger partial charge on any atom is 0.407 e. The zero-order valence-electron chi connectivity index (χ0n) is 19.9. The van der Waals surface area contributed by atoms with Crippen molar-refractivity contribution in [3.8, 4) is 5.75 Å². The lowest BCUT2D eigenvalue weighted by molar-refractivity contribution is 0.0854. The number of carboxylic acid groups (broad SMARTS) is 1. The predicted molar refractivity (Wildman–Crippen MR) is 133 cm³/mol. The molecule has 0 bridgehead atoms. The summed E-state index contributed by atoms with van der Waals surface area (Å²) in [5.41, 5.74) is 2.54. The van der Waals surface area contributed by atoms with Crippen LogP contribution in [0, 0.1) is 0 Å². The summed E-state index contributed by atoms with van der Waals surface area (Å²) in [5.74, 6) is 0.187. The van der Waals surface area contributed by atoms with E-state index in [1.54, 1.807) is 24.5 Å². The molecule has 1 amide bonds. The molecule has 0 aliphatic heterocycles. The number of aromatic hydroxyl groups is 1. The fourth-order valence-electron chi connectivity index (χ4n) is 4.50. The van der Waals surface area contributed by atoms with E-state index in [4.69, 9.17) is 4.43 Å². The summed E-state index contributed by atoms with van der Waals surface area (Å²) in [5, 5.41) is 21.1. The van der Waals surface area contributed by atoms with Gasteiger partial charge in [0.25, 0.3) is 0 Å². The first kappa shape index (κ1) is 24.8. The van der Waals surface area contributed by atoms with E-state index in [1.165, 1.54) is 4.90 Å². The average Bonchev–Trinajstić information content (AvgIpc) is 3.24. The van der Waals surface area contributed by atoms with Crippen LogP contribution in [0.15, 0.2) is 48.9 Å². The van der Waals surface area contributed by atoms with E-state index in [1.807, 2.05) is 31.3 Å². The number of amides is 1. The molecule has 178 valence electrons. The zero-order chi connectivity index (χ0) is 24.0. The van der Waals surface area contributed by atoms with Crippen LogP contribution in [-0.4, -0.2) is 52.1 Å². The Balaban J connectivity index is 1.87. The number of benzene rings is 1. The van der Waals surface area contributed by atoms with Crippen LogP contribution in [-0.2, 0) is 10.8 Å². The van der Waals surface area contributed by atoms with Crippen molar-refractivity contribution in [1.29, 1.82) is 0 Å². The number of aromatic amines is 1. The van der Waals surface area contributed by atoms with Gasteiger partial charge in [0.05, 0.1) is 18.2 Å². The largest absolute Gasteiger partial charge is 0.506 e. The maximum atomic E-state index is 12.3. The molecule has 3 N–H and O–H groups in total. The van der Waals surface area contributed by atoms with Crippen molar-refractivity contribution in [3.63, 3.8) is 0 Å². The van der Waals surface area contributed by atoms with Gasteiger partial charge in [-0.2, -0.15) is 0 Å². The molecule has 0 unspecified atom stereocenters. The predicted octanol–water partition coefficient (Wildman–Crippen LogP) is 5.94. The molecule has 0 radical (unpaired) electrons. The molecule has 3 rings (SSSR count). The third-order valence-corrected chi connectivity index (χ3v) is 11.5. The van der Waals surface area contributed by atoms with Gasteiger partial charge in [0.15, 0.2) is 8.32 Å². The molecule has 0 fully saturated rings. The molecule has 2 heterocycles. The quantitative estimate of drug-likeness (QED) is 0.302. The van der Waals surface area contributed by atoms with Crippen molar-refractivity contribution >= 4 is 25.3 Å². The van der Waals surface area contributed by atoms with Crippen LogP contribution in [0.4, 0.5) is 4.79 Å². The Hall–Kier alpha value is -2.84. The van der Waals surface area contributed by atoms with Gasteiger partial charge in [-0.05, 0) is 54.7 Å². The van der Waals surface area contributed by atoms with Gasteiger partial charge < -0.3 is 24.5 Å². The van der Waals surface area contributed by atoms with Crippen molar-refractivity contribution in [2.75, 3.05) is 6.54 Å². The van der Waals surface area contributed by atoms with Crippen LogP contribution >= 0.6 is 0 Å². The van der Waals surface area contributed by atoms with Gasteiger partial charge in [0.1, 0.15) is 5.75 Å². The number of nitrogens with zero attached hydrogens (tertiary/aromatic N) is 2. The van der Waals surface area contributed by atoms with Crippen LogP contribution in [0.3, 0.4) is 0 Å². The Morgan fingerprint density at radius 3 is 2.52 bits per heavy atom. The first-order valence-electron chi connectivity index (χ1n) is 11.7. The summed E-state index contributed by atoms with van der Waals surface area (Å²) >= 11 is 0. The monoisotopic (exact) mass is 469 g/mol. The van der Waals surface area contributed by atoms with Gasteiger partial charge in [-0.3, -0.25) is 4.98 Å². The molecule has 2 aromatic heterocycles. The highest BCUT2D eigenvalue weighted by molar-refractivity contribution is 6.73. The second-order valence-electron chi connectivity index (χ2n) is 8.64. The van der Waals surface area contributed by atoms with Crippen molar-refractivity contribution in [1.82, 2.24) is 14.9 Å². The van der Waals surface area contributed by atoms with E-state index in [0.717, 1.165) is 34.6 Å². The summed E-state index contributed by atoms with van der Waals surface area (Å²) < 4.78 is 6.78. The normalized spacial score (nSPS) is 13.7. The van der Waals surface area contributed by atoms with Gasteiger partial charge in [-0.25, -0.2) is 4.79 Å². The molecule has 8 heteroatoms. The third kappa shape index (κ3) is 5.57. The minimum Gasteiger partial charge on any atom is -0.506 e. The van der Waals surface area contributed by atoms with Crippen molar-refractivity contribution in [2.24, 2.45) is 0 Å². The number of H-pyrrole nitrogens is 1. The lowest BCUT2D eigenvalue weighted by Crippen LogP contribution is -2.45. The molecule has 1 aromatic carbocycles. The first-order valence-corrected chi connectivity index (χ1v) is 14.2. The second-order valence-corrected chi connectivity index (χ2v) is 13.4. The van der Waals surface area contributed by atoms with Gasteiger partial charge in [0, 0.05) is 30.0 Å². The van der Waals surface area contributed by atoms with Crippen LogP contribution < -0.4 is 0 Å². The molecule has 0 saturated carbocycles. The Kier molecular flexibility index (Phi) is 8.15. The number of para-hydroxylation sites is 1. The molecule has 2 atom stereocenters. The number of hydrogen-bond donors (Lipinski definition) is 3. The molecule has 0 spiro atoms. The minimum absolute atomic E-state index is 0.187. The van der Waals surface area contributed by atoms with Crippen LogP contribution in [0.5, 0.6) is 5.75 Å². The van der Waals surface area contributed by atoms with E-state index < -0.39 is 14.4 Å². The topological polar surface area (TPSA) is 98.7 Å². The number of carbonyl (C=O) groups is 1. The summed E-state index contributed by atoms with van der Waals surface area (Å²) in [6, 6.07) is 11.9. The number of rotatable bonds is 11. The highest BCUT2D eigenvalue weighted by Crippen LogP contribution is 2.32. The minimum atomic E-state index is -1.99. The third-order valence-electron chi connectivity index (χ3n) is 6.82. The summed E-state index contributed by atoms with van der Waals surface area (Å²) in [6.45, 7) is 8.67. The number of hydrogen-bond acceptors (Lipinski definition) is 4. The number of nitrogens with one attached hydrogen (secondary N) is 1. The standard InChI is InChI=1S/C25H35N3O4Si/c1-5-33(6-2,7-3)32-23(19-10-9-13-26-15-19)17-28(25(30)31)18(4)14-20-16-27-24-21(20)11-8-12-22(24)29/h8-13,15-16,18,23,27,29H,5-7,14,17H2,1-4H3,(H,30,31)/t18-,23+/m1/s1. The first-order chi connectivity index (χ1) is 15.8. The van der Waals surface area contributed by atoms with Crippen LogP contribution in [0.1, 0.15) is 44.9 Å². The number of aromatic nitrogens is 2. The molecule has 33 heavy (non-hydrogen) atoms. The smallest absolute Gasteiger partial charge is 0.407 e. The lowest BCUT2D eigenvalue weighted by atomic mass is 10.0. The van der Waals surface area contributed by atoms with Crippen molar-refractivity contribution in [2.45, 2.75) is 64.4 Å². The summed E-state index contributed by atoms with van der Waals surface area (Å²) in [6.07, 6.45) is 4.52. The highest BCUT2D eigenvalue weighted by Gasteiger charge is 2.35. The molecular formula is C25H35N3O4Si. The Labute approximate surface area is 196 Å². The van der Waals surface area contributed by atoms with Gasteiger partial charge in [-0.15, -0.1) is 0 Å². The fraction of sp³-hybridized carbons (Fsp3) is 0.440. The zero-order valence-corrected chi connectivity index (χ0v) is 20.9. The maximum absolute atomic E-state index is 12.3. The molecule has 0 aliphatic rings. The van der Waals surface area contributed by atoms with E-state index in [-0.39, 0.29) is 24.4 Å². The molecular weight excluding hydrogens is 434 g/mol. The Morgan fingerprint density at radius 2 is 1.91 bits per heavy atom. The van der Waals surface area contributed by atoms with E-state index >= 15 is 0 Å². The van der Waals surface area contributed by atoms with E-state index in [0.29, 0.717) is 11.9 Å². The second kappa shape index (κ2) is 10.9. The Morgan fingerprint density at radius 1 is 1.18 bits per heavy atom. The van der Waals surface area contributed by atoms with E-state index in [2.05, 4.69) is 30.7 Å². The Bertz CT molecular complexity index is 1040. The molecule has 0 saturated heterocycles. The summed E-state index contributed by atoms with van der Waals surface area (Å²) in [4.78, 5) is 21.2. The van der Waals surface area contributed by atoms with Crippen molar-refractivity contribution < 1.29 is 19.4 Å². The number of phenols is 1.